The molecule has 8 heteroatoms. The first kappa shape index (κ1) is 19.5. The monoisotopic (exact) mass is 421 g/mol. The van der Waals surface area contributed by atoms with E-state index < -0.39 is 27.6 Å². The van der Waals surface area contributed by atoms with E-state index in [4.69, 9.17) is 5.11 Å². The van der Waals surface area contributed by atoms with Crippen LogP contribution in [0.1, 0.15) is 36.6 Å². The van der Waals surface area contributed by atoms with Crippen molar-refractivity contribution in [3.63, 3.8) is 0 Å². The maximum Gasteiger partial charge on any atom is 0.335 e. The molecular formula is C22H15NO6S. The largest absolute Gasteiger partial charge is 0.478 e. The molecule has 1 aliphatic heterocycles. The van der Waals surface area contributed by atoms with E-state index in [1.165, 1.54) is 42.5 Å². The number of amides is 2. The third-order valence-corrected chi connectivity index (χ3v) is 6.61. The summed E-state index contributed by atoms with van der Waals surface area (Å²) in [5.74, 6) is -2.20. The summed E-state index contributed by atoms with van der Waals surface area (Å²) in [6.45, 7) is 0.0892. The van der Waals surface area contributed by atoms with Crippen molar-refractivity contribution < 1.29 is 27.9 Å². The highest BCUT2D eigenvalue weighted by Crippen LogP contribution is 2.29. The average Bonchev–Trinajstić information content (AvgIpc) is 2.99. The number of hydrogen-bond donors (Lipinski definition) is 1. The zero-order valence-electron chi connectivity index (χ0n) is 15.5. The van der Waals surface area contributed by atoms with Crippen molar-refractivity contribution in [3.8, 4) is 0 Å². The topological polar surface area (TPSA) is 109 Å². The average molecular weight is 421 g/mol. The Kier molecular flexibility index (Phi) is 4.71. The number of carboxylic acid groups (broad SMARTS) is 1. The van der Waals surface area contributed by atoms with E-state index >= 15 is 0 Å². The maximum absolute atomic E-state index is 12.9. The van der Waals surface area contributed by atoms with Crippen molar-refractivity contribution in [1.29, 1.82) is 0 Å². The molecule has 30 heavy (non-hydrogen) atoms. The van der Waals surface area contributed by atoms with Gasteiger partial charge in [-0.25, -0.2) is 13.2 Å². The summed E-state index contributed by atoms with van der Waals surface area (Å²) < 4.78 is 25.8. The molecule has 150 valence electrons. The van der Waals surface area contributed by atoms with Crippen LogP contribution in [0.5, 0.6) is 0 Å². The van der Waals surface area contributed by atoms with E-state index in [1.807, 2.05) is 6.07 Å². The molecule has 0 aliphatic carbocycles. The molecule has 1 N–H and O–H groups in total. The molecule has 1 aliphatic rings. The first-order valence-electron chi connectivity index (χ1n) is 8.91. The third kappa shape index (κ3) is 3.27. The van der Waals surface area contributed by atoms with Crippen molar-refractivity contribution in [2.45, 2.75) is 16.3 Å². The zero-order valence-corrected chi connectivity index (χ0v) is 16.3. The highest BCUT2D eigenvalue weighted by Gasteiger charge is 2.36. The Hall–Kier alpha value is -3.78. The quantitative estimate of drug-likeness (QED) is 0.635. The van der Waals surface area contributed by atoms with Gasteiger partial charge in [0.1, 0.15) is 0 Å². The molecule has 2 amide bonds. The van der Waals surface area contributed by atoms with Gasteiger partial charge in [-0.05, 0) is 48.0 Å². The van der Waals surface area contributed by atoms with E-state index in [2.05, 4.69) is 0 Å². The lowest BCUT2D eigenvalue weighted by molar-refractivity contribution is 0.0639. The summed E-state index contributed by atoms with van der Waals surface area (Å²) in [7, 11) is -4.00. The SMILES string of the molecule is O=C(O)c1ccc(S(=O)(=O)c2ccc3c(c2)C(=O)N(Cc2ccccc2)C3=O)cc1. The Balaban J connectivity index is 1.68. The van der Waals surface area contributed by atoms with Crippen LogP contribution >= 0.6 is 0 Å². The van der Waals surface area contributed by atoms with Crippen molar-refractivity contribution in [3.05, 3.63) is 95.1 Å². The Bertz CT molecular complexity index is 1280. The fourth-order valence-electron chi connectivity index (χ4n) is 3.26. The maximum atomic E-state index is 12.9. The van der Waals surface area contributed by atoms with Gasteiger partial charge in [0, 0.05) is 0 Å². The number of fused-ring (bicyclic) bond motifs is 1. The van der Waals surface area contributed by atoms with Gasteiger partial charge < -0.3 is 5.11 Å². The van der Waals surface area contributed by atoms with Gasteiger partial charge in [0.25, 0.3) is 11.8 Å². The van der Waals surface area contributed by atoms with Gasteiger partial charge in [0.2, 0.25) is 9.84 Å². The van der Waals surface area contributed by atoms with Crippen molar-refractivity contribution >= 4 is 27.6 Å². The van der Waals surface area contributed by atoms with Crippen LogP contribution in [0.4, 0.5) is 0 Å². The Morgan fingerprint density at radius 3 is 2.03 bits per heavy atom. The van der Waals surface area contributed by atoms with E-state index in [0.29, 0.717) is 0 Å². The zero-order chi connectivity index (χ0) is 21.5. The molecule has 0 spiro atoms. The number of sulfone groups is 1. The lowest BCUT2D eigenvalue weighted by atomic mass is 10.1. The van der Waals surface area contributed by atoms with Crippen LogP contribution in [0.15, 0.2) is 82.6 Å². The number of carbonyl (C=O) groups is 3. The molecule has 3 aromatic carbocycles. The number of aromatic carboxylic acids is 1. The molecule has 0 atom stereocenters. The summed E-state index contributed by atoms with van der Waals surface area (Å²) in [4.78, 5) is 37.2. The first-order valence-corrected chi connectivity index (χ1v) is 10.4. The predicted molar refractivity (Wildman–Crippen MR) is 106 cm³/mol. The number of benzene rings is 3. The van der Waals surface area contributed by atoms with Gasteiger partial charge in [0.15, 0.2) is 0 Å². The number of carboxylic acids is 1. The van der Waals surface area contributed by atoms with Gasteiger partial charge in [-0.1, -0.05) is 30.3 Å². The summed E-state index contributed by atoms with van der Waals surface area (Å²) in [5, 5.41) is 8.96. The molecule has 0 bridgehead atoms. The summed E-state index contributed by atoms with van der Waals surface area (Å²) in [6, 6.07) is 17.6. The van der Waals surface area contributed by atoms with Crippen molar-refractivity contribution in [1.82, 2.24) is 4.90 Å². The molecular weight excluding hydrogens is 406 g/mol. The Labute approximate surface area is 172 Å². The molecule has 0 radical (unpaired) electrons. The number of imide groups is 1. The van der Waals surface area contributed by atoms with Crippen LogP contribution in [0.3, 0.4) is 0 Å². The third-order valence-electron chi connectivity index (χ3n) is 4.85. The Morgan fingerprint density at radius 2 is 1.40 bits per heavy atom. The number of nitrogens with zero attached hydrogens (tertiary/aromatic N) is 1. The second-order valence-corrected chi connectivity index (χ2v) is 8.67. The molecule has 7 nitrogen and oxygen atoms in total. The fraction of sp³-hybridized carbons (Fsp3) is 0.0455. The number of carbonyl (C=O) groups excluding carboxylic acids is 2. The van der Waals surface area contributed by atoms with E-state index in [9.17, 15) is 22.8 Å². The minimum Gasteiger partial charge on any atom is -0.478 e. The van der Waals surface area contributed by atoms with Crippen LogP contribution in [-0.4, -0.2) is 36.2 Å². The second kappa shape index (κ2) is 7.23. The lowest BCUT2D eigenvalue weighted by Gasteiger charge is -2.13. The fourth-order valence-corrected chi connectivity index (χ4v) is 4.55. The van der Waals surface area contributed by atoms with E-state index in [1.54, 1.807) is 24.3 Å². The molecule has 1 heterocycles. The van der Waals surface area contributed by atoms with Crippen molar-refractivity contribution in [2.75, 3.05) is 0 Å². The Morgan fingerprint density at radius 1 is 0.800 bits per heavy atom. The van der Waals surface area contributed by atoms with Crippen LogP contribution in [0.2, 0.25) is 0 Å². The molecule has 4 rings (SSSR count). The van der Waals surface area contributed by atoms with Gasteiger partial charge in [0.05, 0.1) is 33.0 Å². The van der Waals surface area contributed by atoms with Crippen molar-refractivity contribution in [2.24, 2.45) is 0 Å². The molecule has 3 aromatic rings. The summed E-state index contributed by atoms with van der Waals surface area (Å²) in [5.41, 5.74) is 0.911. The van der Waals surface area contributed by atoms with Crippen LogP contribution in [-0.2, 0) is 16.4 Å². The second-order valence-electron chi connectivity index (χ2n) is 6.72. The normalized spacial score (nSPS) is 13.4. The molecule has 0 saturated carbocycles. The van der Waals surface area contributed by atoms with Crippen LogP contribution in [0, 0.1) is 0 Å². The highest BCUT2D eigenvalue weighted by molar-refractivity contribution is 7.91. The minimum absolute atomic E-state index is 0.0270. The van der Waals surface area contributed by atoms with Gasteiger partial charge >= 0.3 is 5.97 Å². The standard InChI is InChI=1S/C22H15NO6S/c24-20-18-11-10-17(30(28,29)16-8-6-15(7-9-16)22(26)27)12-19(18)21(25)23(20)13-14-4-2-1-3-5-14/h1-12H,13H2,(H,26,27). The lowest BCUT2D eigenvalue weighted by Crippen LogP contribution is -2.29. The molecule has 0 aromatic heterocycles. The molecule has 0 unspecified atom stereocenters. The van der Waals surface area contributed by atoms with E-state index in [-0.39, 0.29) is 33.0 Å². The first-order chi connectivity index (χ1) is 14.3. The summed E-state index contributed by atoms with van der Waals surface area (Å²) in [6.07, 6.45) is 0. The van der Waals surface area contributed by atoms with E-state index in [0.717, 1.165) is 10.5 Å². The number of rotatable bonds is 5. The molecule has 0 fully saturated rings. The van der Waals surface area contributed by atoms with Gasteiger partial charge in [-0.15, -0.1) is 0 Å². The smallest absolute Gasteiger partial charge is 0.335 e. The van der Waals surface area contributed by atoms with Gasteiger partial charge in [-0.2, -0.15) is 0 Å². The summed E-state index contributed by atoms with van der Waals surface area (Å²) >= 11 is 0. The molecule has 0 saturated heterocycles. The predicted octanol–water partition coefficient (Wildman–Crippen LogP) is 3.01. The van der Waals surface area contributed by atoms with Gasteiger partial charge in [-0.3, -0.25) is 14.5 Å². The highest BCUT2D eigenvalue weighted by atomic mass is 32.2. The number of hydrogen-bond acceptors (Lipinski definition) is 5. The van der Waals surface area contributed by atoms with Crippen LogP contribution < -0.4 is 0 Å². The van der Waals surface area contributed by atoms with Crippen LogP contribution in [0.25, 0.3) is 0 Å². The minimum atomic E-state index is -4.00.